The number of hydrogen-bond donors (Lipinski definition) is 2. The minimum Gasteiger partial charge on any atom is -0.504 e. The van der Waals surface area contributed by atoms with Crippen LogP contribution in [-0.2, 0) is 13.5 Å². The molecule has 1 aliphatic rings. The van der Waals surface area contributed by atoms with Crippen molar-refractivity contribution in [2.75, 3.05) is 0 Å². The minimum absolute atomic E-state index is 0.121. The molecule has 30 heavy (non-hydrogen) atoms. The SMILES string of the molecule is Cc1nn(C2=CC(N)=Nc3nn(C)c(-c4ccc(C#N)cc4)c3CC=N2)c(C)c1O. The van der Waals surface area contributed by atoms with Gasteiger partial charge in [-0.3, -0.25) is 4.68 Å². The fraction of sp³-hybridized carbons (Fsp3) is 0.190. The quantitative estimate of drug-likeness (QED) is 0.683. The van der Waals surface area contributed by atoms with Gasteiger partial charge in [-0.2, -0.15) is 15.5 Å². The lowest BCUT2D eigenvalue weighted by atomic mass is 10.0. The summed E-state index contributed by atoms with van der Waals surface area (Å²) in [6.45, 7) is 3.48. The number of aliphatic imine (C=N–C) groups is 2. The van der Waals surface area contributed by atoms with Gasteiger partial charge in [-0.25, -0.2) is 14.7 Å². The molecule has 1 aromatic carbocycles. The van der Waals surface area contributed by atoms with Crippen LogP contribution in [-0.4, -0.2) is 36.7 Å². The second kappa shape index (κ2) is 7.33. The van der Waals surface area contributed by atoms with Gasteiger partial charge in [0.05, 0.1) is 23.0 Å². The van der Waals surface area contributed by atoms with Crippen molar-refractivity contribution in [3.8, 4) is 23.1 Å². The largest absolute Gasteiger partial charge is 0.504 e. The maximum absolute atomic E-state index is 10.1. The molecule has 0 amide bonds. The molecule has 0 atom stereocenters. The van der Waals surface area contributed by atoms with Gasteiger partial charge in [-0.1, -0.05) is 12.1 Å². The van der Waals surface area contributed by atoms with Crippen LogP contribution in [0.25, 0.3) is 17.1 Å². The summed E-state index contributed by atoms with van der Waals surface area (Å²) in [5.74, 6) is 1.30. The third-order valence-electron chi connectivity index (χ3n) is 4.91. The zero-order valence-corrected chi connectivity index (χ0v) is 16.8. The maximum Gasteiger partial charge on any atom is 0.180 e. The van der Waals surface area contributed by atoms with E-state index >= 15 is 0 Å². The number of rotatable bonds is 2. The Morgan fingerprint density at radius 1 is 1.17 bits per heavy atom. The summed E-state index contributed by atoms with van der Waals surface area (Å²) >= 11 is 0. The first kappa shape index (κ1) is 19.1. The molecule has 0 fully saturated rings. The highest BCUT2D eigenvalue weighted by atomic mass is 16.3. The van der Waals surface area contributed by atoms with Crippen molar-refractivity contribution in [1.29, 1.82) is 5.26 Å². The first-order valence-corrected chi connectivity index (χ1v) is 9.29. The van der Waals surface area contributed by atoms with Gasteiger partial charge in [0, 0.05) is 36.9 Å². The number of aryl methyl sites for hydroxylation is 2. The standard InChI is InChI=1S/C21H20N8O/c1-12-20(30)13(2)29(26-12)18-10-17(23)25-21-16(8-9-24-18)19(28(3)27-21)15-6-4-14(11-22)5-7-15/h4-7,9-10,30H,8H2,1-3H3,(H2,23,25,27). The van der Waals surface area contributed by atoms with Crippen LogP contribution in [0.1, 0.15) is 22.5 Å². The van der Waals surface area contributed by atoms with Gasteiger partial charge >= 0.3 is 0 Å². The first-order chi connectivity index (χ1) is 14.4. The third-order valence-corrected chi connectivity index (χ3v) is 4.91. The van der Waals surface area contributed by atoms with E-state index in [1.54, 1.807) is 43.0 Å². The van der Waals surface area contributed by atoms with E-state index < -0.39 is 0 Å². The molecular weight excluding hydrogens is 380 g/mol. The molecule has 3 aromatic rings. The Balaban J connectivity index is 1.79. The average Bonchev–Trinajstić information content (AvgIpc) is 3.19. The Morgan fingerprint density at radius 3 is 2.53 bits per heavy atom. The summed E-state index contributed by atoms with van der Waals surface area (Å²) < 4.78 is 3.29. The van der Waals surface area contributed by atoms with Crippen molar-refractivity contribution < 1.29 is 5.11 Å². The molecule has 0 radical (unpaired) electrons. The number of aromatic nitrogens is 4. The highest BCUT2D eigenvalue weighted by Crippen LogP contribution is 2.32. The average molecular weight is 400 g/mol. The number of fused-ring (bicyclic) bond motifs is 1. The van der Waals surface area contributed by atoms with E-state index in [9.17, 15) is 5.11 Å². The number of nitrogens with zero attached hydrogens (tertiary/aromatic N) is 7. The van der Waals surface area contributed by atoms with Gasteiger partial charge < -0.3 is 10.8 Å². The third kappa shape index (κ3) is 3.24. The van der Waals surface area contributed by atoms with Crippen molar-refractivity contribution in [3.63, 3.8) is 0 Å². The summed E-state index contributed by atoms with van der Waals surface area (Å²) in [6, 6.07) is 9.43. The van der Waals surface area contributed by atoms with Crippen molar-refractivity contribution >= 4 is 23.7 Å². The molecule has 1 aliphatic heterocycles. The molecule has 0 aliphatic carbocycles. The van der Waals surface area contributed by atoms with Gasteiger partial charge in [-0.05, 0) is 26.0 Å². The first-order valence-electron chi connectivity index (χ1n) is 9.29. The fourth-order valence-corrected chi connectivity index (χ4v) is 3.42. The van der Waals surface area contributed by atoms with E-state index in [4.69, 9.17) is 11.0 Å². The van der Waals surface area contributed by atoms with Crippen molar-refractivity contribution in [2.24, 2.45) is 22.8 Å². The van der Waals surface area contributed by atoms with Crippen LogP contribution in [0, 0.1) is 25.2 Å². The summed E-state index contributed by atoms with van der Waals surface area (Å²) in [4.78, 5) is 9.02. The highest BCUT2D eigenvalue weighted by Gasteiger charge is 2.19. The Bertz CT molecular complexity index is 1270. The molecule has 0 spiro atoms. The van der Waals surface area contributed by atoms with Crippen LogP contribution in [0.5, 0.6) is 5.75 Å². The highest BCUT2D eigenvalue weighted by molar-refractivity contribution is 5.98. The Morgan fingerprint density at radius 2 is 1.90 bits per heavy atom. The molecule has 9 heteroatoms. The molecule has 0 saturated heterocycles. The van der Waals surface area contributed by atoms with E-state index in [0.29, 0.717) is 35.0 Å². The molecule has 0 bridgehead atoms. The summed E-state index contributed by atoms with van der Waals surface area (Å²) in [6.07, 6.45) is 3.82. The lowest BCUT2D eigenvalue weighted by Gasteiger charge is -2.06. The lowest BCUT2D eigenvalue weighted by Crippen LogP contribution is -2.11. The van der Waals surface area contributed by atoms with E-state index in [0.717, 1.165) is 16.8 Å². The van der Waals surface area contributed by atoms with Crippen LogP contribution < -0.4 is 5.73 Å². The van der Waals surface area contributed by atoms with E-state index in [1.807, 2.05) is 19.2 Å². The summed E-state index contributed by atoms with van der Waals surface area (Å²) in [5.41, 5.74) is 10.5. The molecule has 0 unspecified atom stereocenters. The van der Waals surface area contributed by atoms with E-state index in [-0.39, 0.29) is 11.6 Å². The molecule has 0 saturated carbocycles. The minimum atomic E-state index is 0.121. The van der Waals surface area contributed by atoms with Crippen molar-refractivity contribution in [1.82, 2.24) is 19.6 Å². The molecule has 9 nitrogen and oxygen atoms in total. The number of hydrogen-bond acceptors (Lipinski definition) is 7. The summed E-state index contributed by atoms with van der Waals surface area (Å²) in [7, 11) is 1.84. The molecule has 150 valence electrons. The fourth-order valence-electron chi connectivity index (χ4n) is 3.42. The lowest BCUT2D eigenvalue weighted by molar-refractivity contribution is 0.466. The Hall–Kier alpha value is -4.19. The number of benzene rings is 1. The van der Waals surface area contributed by atoms with Gasteiger partial charge in [0.15, 0.2) is 17.4 Å². The monoisotopic (exact) mass is 400 g/mol. The summed E-state index contributed by atoms with van der Waals surface area (Å²) in [5, 5.41) is 28.0. The normalized spacial score (nSPS) is 13.5. The molecule has 2 aromatic heterocycles. The predicted octanol–water partition coefficient (Wildman–Crippen LogP) is 2.59. The van der Waals surface area contributed by atoms with Crippen LogP contribution in [0.4, 0.5) is 5.82 Å². The van der Waals surface area contributed by atoms with Crippen molar-refractivity contribution in [2.45, 2.75) is 20.3 Å². The second-order valence-electron chi connectivity index (χ2n) is 6.95. The van der Waals surface area contributed by atoms with Gasteiger partial charge in [0.25, 0.3) is 0 Å². The molecular formula is C21H20N8O. The molecule has 3 N–H and O–H groups in total. The predicted molar refractivity (Wildman–Crippen MR) is 114 cm³/mol. The Kier molecular flexibility index (Phi) is 4.68. The number of amidine groups is 1. The van der Waals surface area contributed by atoms with Gasteiger partial charge in [-0.15, -0.1) is 0 Å². The maximum atomic E-state index is 10.1. The Labute approximate surface area is 173 Å². The molecule has 4 rings (SSSR count). The van der Waals surface area contributed by atoms with E-state index in [2.05, 4.69) is 26.3 Å². The smallest absolute Gasteiger partial charge is 0.180 e. The number of nitriles is 1. The number of aromatic hydroxyl groups is 1. The zero-order chi connectivity index (χ0) is 21.4. The van der Waals surface area contributed by atoms with Crippen molar-refractivity contribution in [3.05, 3.63) is 52.9 Å². The van der Waals surface area contributed by atoms with Gasteiger partial charge in [0.1, 0.15) is 11.5 Å². The van der Waals surface area contributed by atoms with E-state index in [1.165, 1.54) is 4.68 Å². The number of nitrogens with two attached hydrogens (primary N) is 1. The van der Waals surface area contributed by atoms with Gasteiger partial charge in [0.2, 0.25) is 0 Å². The van der Waals surface area contributed by atoms with Crippen LogP contribution in [0.3, 0.4) is 0 Å². The topological polar surface area (TPSA) is 130 Å². The second-order valence-corrected chi connectivity index (χ2v) is 6.95. The zero-order valence-electron chi connectivity index (χ0n) is 16.8. The van der Waals surface area contributed by atoms with Crippen LogP contribution in [0.15, 0.2) is 40.3 Å². The molecule has 3 heterocycles. The van der Waals surface area contributed by atoms with Crippen LogP contribution >= 0.6 is 0 Å². The van der Waals surface area contributed by atoms with Crippen LogP contribution in [0.2, 0.25) is 0 Å².